The molecule has 0 amide bonds. The van der Waals surface area contributed by atoms with Crippen molar-refractivity contribution in [2.75, 3.05) is 33.7 Å². The molecule has 0 aliphatic rings. The third-order valence-corrected chi connectivity index (χ3v) is 3.26. The average molecular weight is 262 g/mol. The molecule has 2 heteroatoms. The van der Waals surface area contributed by atoms with E-state index in [0.717, 1.165) is 19.6 Å². The Kier molecular flexibility index (Phi) is 7.11. The molecular weight excluding hydrogens is 232 g/mol. The smallest absolute Gasteiger partial charge is 0.00387 e. The highest BCUT2D eigenvalue weighted by atomic mass is 15.1. The maximum Gasteiger partial charge on any atom is 0.00387 e. The molecule has 0 unspecified atom stereocenters. The van der Waals surface area contributed by atoms with Crippen LogP contribution in [-0.2, 0) is 6.42 Å². The van der Waals surface area contributed by atoms with Crippen molar-refractivity contribution in [3.8, 4) is 0 Å². The van der Waals surface area contributed by atoms with Gasteiger partial charge in [0.25, 0.3) is 0 Å². The van der Waals surface area contributed by atoms with Crippen LogP contribution in [0.1, 0.15) is 32.3 Å². The van der Waals surface area contributed by atoms with E-state index < -0.39 is 0 Å². The van der Waals surface area contributed by atoms with E-state index in [4.69, 9.17) is 0 Å². The number of hydrogen-bond donors (Lipinski definition) is 1. The van der Waals surface area contributed by atoms with Crippen LogP contribution in [0.2, 0.25) is 0 Å². The minimum Gasteiger partial charge on any atom is -0.316 e. The fourth-order valence-electron chi connectivity index (χ4n) is 2.56. The Labute approximate surface area is 119 Å². The van der Waals surface area contributed by atoms with Gasteiger partial charge in [0.15, 0.2) is 0 Å². The molecule has 108 valence electrons. The zero-order valence-corrected chi connectivity index (χ0v) is 13.1. The monoisotopic (exact) mass is 262 g/mol. The van der Waals surface area contributed by atoms with Gasteiger partial charge in [-0.05, 0) is 50.9 Å². The molecule has 0 fully saturated rings. The van der Waals surface area contributed by atoms with Crippen molar-refractivity contribution < 1.29 is 0 Å². The van der Waals surface area contributed by atoms with Crippen LogP contribution < -0.4 is 5.32 Å². The van der Waals surface area contributed by atoms with Crippen LogP contribution in [0.5, 0.6) is 0 Å². The quantitative estimate of drug-likeness (QED) is 0.688. The van der Waals surface area contributed by atoms with Crippen molar-refractivity contribution in [1.82, 2.24) is 10.2 Å². The summed E-state index contributed by atoms with van der Waals surface area (Å²) in [5.74, 6) is 0. The third-order valence-electron chi connectivity index (χ3n) is 3.26. The van der Waals surface area contributed by atoms with Crippen molar-refractivity contribution >= 4 is 0 Å². The first-order chi connectivity index (χ1) is 8.99. The Morgan fingerprint density at radius 3 is 2.37 bits per heavy atom. The molecule has 0 aliphatic carbocycles. The van der Waals surface area contributed by atoms with Crippen LogP contribution in [0.15, 0.2) is 30.3 Å². The number of nitrogens with zero attached hydrogens (tertiary/aromatic N) is 1. The average Bonchev–Trinajstić information content (AvgIpc) is 2.33. The molecule has 0 spiro atoms. The summed E-state index contributed by atoms with van der Waals surface area (Å²) in [6.45, 7) is 8.00. The minimum absolute atomic E-state index is 0.350. The summed E-state index contributed by atoms with van der Waals surface area (Å²) in [5.41, 5.74) is 1.80. The predicted octanol–water partition coefficient (Wildman–Crippen LogP) is 3.19. The Hall–Kier alpha value is -0.860. The molecule has 1 rings (SSSR count). The number of aryl methyl sites for hydroxylation is 1. The van der Waals surface area contributed by atoms with E-state index in [2.05, 4.69) is 68.5 Å². The Morgan fingerprint density at radius 1 is 1.05 bits per heavy atom. The molecule has 1 N–H and O–H groups in total. The van der Waals surface area contributed by atoms with Gasteiger partial charge in [-0.25, -0.2) is 0 Å². The van der Waals surface area contributed by atoms with Gasteiger partial charge in [-0.1, -0.05) is 44.2 Å². The molecule has 0 radical (unpaired) electrons. The highest BCUT2D eigenvalue weighted by molar-refractivity contribution is 5.14. The third kappa shape index (κ3) is 8.02. The zero-order chi connectivity index (χ0) is 14.1. The lowest BCUT2D eigenvalue weighted by Gasteiger charge is -2.28. The Bertz CT molecular complexity index is 330. The molecule has 0 bridgehead atoms. The molecule has 0 atom stereocenters. The van der Waals surface area contributed by atoms with Crippen LogP contribution in [0.4, 0.5) is 0 Å². The van der Waals surface area contributed by atoms with Crippen molar-refractivity contribution in [3.05, 3.63) is 35.9 Å². The second-order valence-electron chi connectivity index (χ2n) is 6.52. The Morgan fingerprint density at radius 2 is 1.74 bits per heavy atom. The summed E-state index contributed by atoms with van der Waals surface area (Å²) >= 11 is 0. The van der Waals surface area contributed by atoms with Crippen LogP contribution >= 0.6 is 0 Å². The molecule has 0 heterocycles. The lowest BCUT2D eigenvalue weighted by atomic mass is 9.93. The summed E-state index contributed by atoms with van der Waals surface area (Å²) in [4.78, 5) is 2.26. The molecular formula is C17H30N2. The zero-order valence-electron chi connectivity index (χ0n) is 13.1. The fraction of sp³-hybridized carbons (Fsp3) is 0.647. The molecule has 0 aromatic heterocycles. The van der Waals surface area contributed by atoms with Crippen molar-refractivity contribution in [3.63, 3.8) is 0 Å². The van der Waals surface area contributed by atoms with E-state index >= 15 is 0 Å². The van der Waals surface area contributed by atoms with Crippen LogP contribution in [-0.4, -0.2) is 38.6 Å². The van der Waals surface area contributed by atoms with Crippen LogP contribution in [0.3, 0.4) is 0 Å². The van der Waals surface area contributed by atoms with Crippen molar-refractivity contribution in [2.24, 2.45) is 5.41 Å². The second kappa shape index (κ2) is 8.34. The number of rotatable bonds is 9. The number of hydrogen-bond acceptors (Lipinski definition) is 2. The molecule has 0 saturated carbocycles. The first-order valence-electron chi connectivity index (χ1n) is 7.39. The summed E-state index contributed by atoms with van der Waals surface area (Å²) in [7, 11) is 4.28. The normalized spacial score (nSPS) is 12.1. The standard InChI is InChI=1S/C17H30N2/c1-17(2,15-19(3)4)14-18-13-9-8-12-16-10-6-5-7-11-16/h5-7,10-11,18H,8-9,12-15H2,1-4H3. The Balaban J connectivity index is 2.05. The maximum atomic E-state index is 3.59. The van der Waals surface area contributed by atoms with Gasteiger partial charge in [0.05, 0.1) is 0 Å². The van der Waals surface area contributed by atoms with Gasteiger partial charge < -0.3 is 10.2 Å². The summed E-state index contributed by atoms with van der Waals surface area (Å²) in [6.07, 6.45) is 3.72. The van der Waals surface area contributed by atoms with Gasteiger partial charge in [0, 0.05) is 13.1 Å². The predicted molar refractivity (Wildman–Crippen MR) is 84.6 cm³/mol. The van der Waals surface area contributed by atoms with Crippen LogP contribution in [0, 0.1) is 5.41 Å². The molecule has 1 aromatic rings. The molecule has 0 aliphatic heterocycles. The van der Waals surface area contributed by atoms with Gasteiger partial charge in [-0.3, -0.25) is 0 Å². The second-order valence-corrected chi connectivity index (χ2v) is 6.52. The van der Waals surface area contributed by atoms with Gasteiger partial charge >= 0.3 is 0 Å². The van der Waals surface area contributed by atoms with E-state index in [1.807, 2.05) is 0 Å². The summed E-state index contributed by atoms with van der Waals surface area (Å²) < 4.78 is 0. The minimum atomic E-state index is 0.350. The fourth-order valence-corrected chi connectivity index (χ4v) is 2.56. The topological polar surface area (TPSA) is 15.3 Å². The molecule has 2 nitrogen and oxygen atoms in total. The van der Waals surface area contributed by atoms with Gasteiger partial charge in [-0.2, -0.15) is 0 Å². The first-order valence-corrected chi connectivity index (χ1v) is 7.39. The summed E-state index contributed by atoms with van der Waals surface area (Å²) in [6, 6.07) is 10.8. The SMILES string of the molecule is CN(C)CC(C)(C)CNCCCCc1ccccc1. The van der Waals surface area contributed by atoms with E-state index in [1.54, 1.807) is 0 Å². The number of benzene rings is 1. The number of unbranched alkanes of at least 4 members (excludes halogenated alkanes) is 1. The van der Waals surface area contributed by atoms with E-state index in [1.165, 1.54) is 24.8 Å². The van der Waals surface area contributed by atoms with E-state index in [0.29, 0.717) is 5.41 Å². The van der Waals surface area contributed by atoms with Crippen molar-refractivity contribution in [1.29, 1.82) is 0 Å². The highest BCUT2D eigenvalue weighted by Gasteiger charge is 2.17. The first kappa shape index (κ1) is 16.2. The summed E-state index contributed by atoms with van der Waals surface area (Å²) in [5, 5.41) is 3.59. The maximum absolute atomic E-state index is 3.59. The molecule has 19 heavy (non-hydrogen) atoms. The lowest BCUT2D eigenvalue weighted by molar-refractivity contribution is 0.232. The van der Waals surface area contributed by atoms with Crippen LogP contribution in [0.25, 0.3) is 0 Å². The van der Waals surface area contributed by atoms with E-state index in [9.17, 15) is 0 Å². The van der Waals surface area contributed by atoms with Gasteiger partial charge in [-0.15, -0.1) is 0 Å². The molecule has 1 aromatic carbocycles. The lowest BCUT2D eigenvalue weighted by Crippen LogP contribution is -2.37. The van der Waals surface area contributed by atoms with Gasteiger partial charge in [0.1, 0.15) is 0 Å². The van der Waals surface area contributed by atoms with E-state index in [-0.39, 0.29) is 0 Å². The highest BCUT2D eigenvalue weighted by Crippen LogP contribution is 2.14. The van der Waals surface area contributed by atoms with Crippen molar-refractivity contribution in [2.45, 2.75) is 33.1 Å². The molecule has 0 saturated heterocycles. The number of nitrogens with one attached hydrogen (secondary N) is 1. The largest absolute Gasteiger partial charge is 0.316 e. The van der Waals surface area contributed by atoms with Gasteiger partial charge in [0.2, 0.25) is 0 Å².